The van der Waals surface area contributed by atoms with Crippen LogP contribution in [-0.2, 0) is 14.3 Å². The Labute approximate surface area is 160 Å². The fourth-order valence-corrected chi connectivity index (χ4v) is 3.68. The fraction of sp³-hybridized carbons (Fsp3) is 0.136. The molecule has 0 bridgehead atoms. The minimum absolute atomic E-state index is 0.0282. The topological polar surface area (TPSA) is 101 Å². The van der Waals surface area contributed by atoms with Gasteiger partial charge in [0, 0.05) is 23.1 Å². The fourth-order valence-electron chi connectivity index (χ4n) is 3.68. The van der Waals surface area contributed by atoms with Gasteiger partial charge in [0.25, 0.3) is 0 Å². The summed E-state index contributed by atoms with van der Waals surface area (Å²) in [6.07, 6.45) is 1.23. The van der Waals surface area contributed by atoms with Crippen molar-refractivity contribution in [2.75, 3.05) is 0 Å². The smallest absolute Gasteiger partial charge is 0.185 e. The van der Waals surface area contributed by atoms with Gasteiger partial charge in [-0.15, -0.1) is 0 Å². The molecule has 2 aromatic carbocycles. The van der Waals surface area contributed by atoms with Gasteiger partial charge in [-0.25, -0.2) is 0 Å². The number of ether oxygens (including phenoxy) is 1. The van der Waals surface area contributed by atoms with E-state index < -0.39 is 18.0 Å². The summed E-state index contributed by atoms with van der Waals surface area (Å²) in [5.74, 6) is -1.39. The van der Waals surface area contributed by atoms with Crippen molar-refractivity contribution in [3.05, 3.63) is 82.5 Å². The second-order valence-electron chi connectivity index (χ2n) is 6.62. The van der Waals surface area contributed by atoms with Crippen LogP contribution < -0.4 is 0 Å². The van der Waals surface area contributed by atoms with Crippen molar-refractivity contribution in [3.8, 4) is 11.5 Å². The first-order valence-electron chi connectivity index (χ1n) is 8.71. The number of hydrogen-bond acceptors (Lipinski definition) is 6. The molecule has 1 aliphatic carbocycles. The third-order valence-electron chi connectivity index (χ3n) is 5.02. The molecule has 6 heteroatoms. The van der Waals surface area contributed by atoms with Gasteiger partial charge < -0.3 is 14.9 Å². The highest BCUT2D eigenvalue weighted by molar-refractivity contribution is 6.21. The first-order chi connectivity index (χ1) is 13.5. The number of aromatic hydroxyl groups is 2. The van der Waals surface area contributed by atoms with Crippen molar-refractivity contribution in [1.29, 1.82) is 0 Å². The molecule has 6 nitrogen and oxygen atoms in total. The second-order valence-corrected chi connectivity index (χ2v) is 6.62. The van der Waals surface area contributed by atoms with Gasteiger partial charge in [0.05, 0.1) is 11.7 Å². The molecule has 0 radical (unpaired) electrons. The van der Waals surface area contributed by atoms with Gasteiger partial charge in [-0.05, 0) is 29.8 Å². The molecule has 0 fully saturated rings. The van der Waals surface area contributed by atoms with Gasteiger partial charge in [-0.2, -0.15) is 0 Å². The van der Waals surface area contributed by atoms with Crippen molar-refractivity contribution in [2.45, 2.75) is 18.6 Å². The zero-order chi connectivity index (χ0) is 19.8. The summed E-state index contributed by atoms with van der Waals surface area (Å²) in [7, 11) is 0. The predicted octanol–water partition coefficient (Wildman–Crippen LogP) is 3.12. The van der Waals surface area contributed by atoms with E-state index in [0.29, 0.717) is 6.29 Å². The van der Waals surface area contributed by atoms with E-state index in [9.17, 15) is 24.6 Å². The lowest BCUT2D eigenvalue weighted by Gasteiger charge is -2.35. The Hall–Kier alpha value is -3.51. The molecule has 0 spiro atoms. The number of allylic oxidation sites excluding steroid dienone is 2. The zero-order valence-corrected chi connectivity index (χ0v) is 14.7. The quantitative estimate of drug-likeness (QED) is 0.485. The number of carbonyl (C=O) groups is 3. The number of carbonyl (C=O) groups excluding carboxylic acids is 3. The molecule has 2 aliphatic rings. The summed E-state index contributed by atoms with van der Waals surface area (Å²) in [4.78, 5) is 36.7. The molecule has 0 unspecified atom stereocenters. The lowest BCUT2D eigenvalue weighted by atomic mass is 9.81. The van der Waals surface area contributed by atoms with Crippen molar-refractivity contribution in [2.24, 2.45) is 0 Å². The summed E-state index contributed by atoms with van der Waals surface area (Å²) < 4.78 is 6.13. The molecule has 140 valence electrons. The van der Waals surface area contributed by atoms with Crippen molar-refractivity contribution >= 4 is 17.9 Å². The molecule has 0 saturated carbocycles. The van der Waals surface area contributed by atoms with Gasteiger partial charge in [0.1, 0.15) is 17.6 Å². The monoisotopic (exact) mass is 376 g/mol. The molecule has 4 rings (SSSR count). The lowest BCUT2D eigenvalue weighted by Crippen LogP contribution is -2.29. The van der Waals surface area contributed by atoms with Gasteiger partial charge >= 0.3 is 0 Å². The van der Waals surface area contributed by atoms with Gasteiger partial charge in [0.2, 0.25) is 0 Å². The van der Waals surface area contributed by atoms with E-state index in [2.05, 4.69) is 0 Å². The van der Waals surface area contributed by atoms with E-state index in [-0.39, 0.29) is 46.0 Å². The van der Waals surface area contributed by atoms with Crippen molar-refractivity contribution in [3.63, 3.8) is 0 Å². The maximum absolute atomic E-state index is 12.6. The highest BCUT2D eigenvalue weighted by Crippen LogP contribution is 2.48. The summed E-state index contributed by atoms with van der Waals surface area (Å²) in [6.45, 7) is 0. The number of aldehydes is 1. The van der Waals surface area contributed by atoms with Crippen LogP contribution in [0.25, 0.3) is 0 Å². The lowest BCUT2D eigenvalue weighted by molar-refractivity contribution is -0.119. The molecule has 1 aliphatic heterocycles. The van der Waals surface area contributed by atoms with E-state index in [1.54, 1.807) is 0 Å². The SMILES string of the molecule is O=Cc1c(O)ccc(O)c1[C@H]1O[C@H](c2ccccc2)CC2=C1C(=O)C=CC2=O. The molecule has 0 amide bonds. The molecule has 0 saturated heterocycles. The Balaban J connectivity index is 1.93. The molecule has 0 aromatic heterocycles. The third kappa shape index (κ3) is 2.84. The zero-order valence-electron chi connectivity index (χ0n) is 14.7. The van der Waals surface area contributed by atoms with E-state index >= 15 is 0 Å². The van der Waals surface area contributed by atoms with Crippen LogP contribution in [0.1, 0.15) is 40.1 Å². The van der Waals surface area contributed by atoms with Crippen LogP contribution in [0.2, 0.25) is 0 Å². The molecule has 1 heterocycles. The maximum atomic E-state index is 12.6. The van der Waals surface area contributed by atoms with Crippen LogP contribution >= 0.6 is 0 Å². The van der Waals surface area contributed by atoms with Crippen molar-refractivity contribution in [1.82, 2.24) is 0 Å². The van der Waals surface area contributed by atoms with E-state index in [1.807, 2.05) is 30.3 Å². The Morgan fingerprint density at radius 3 is 2.32 bits per heavy atom. The highest BCUT2D eigenvalue weighted by atomic mass is 16.5. The average molecular weight is 376 g/mol. The van der Waals surface area contributed by atoms with Crippen LogP contribution in [0.4, 0.5) is 0 Å². The minimum atomic E-state index is -1.16. The van der Waals surface area contributed by atoms with Crippen LogP contribution in [-0.4, -0.2) is 28.1 Å². The van der Waals surface area contributed by atoms with Crippen LogP contribution in [0.5, 0.6) is 11.5 Å². The van der Waals surface area contributed by atoms with Gasteiger partial charge in [0.15, 0.2) is 17.9 Å². The highest BCUT2D eigenvalue weighted by Gasteiger charge is 2.40. The van der Waals surface area contributed by atoms with E-state index in [4.69, 9.17) is 4.74 Å². The Kier molecular flexibility index (Phi) is 4.41. The molecule has 2 N–H and O–H groups in total. The number of hydrogen-bond donors (Lipinski definition) is 2. The van der Waals surface area contributed by atoms with Crippen LogP contribution in [0.3, 0.4) is 0 Å². The number of phenols is 2. The molecule has 2 aromatic rings. The molecular formula is C22H16O6. The summed E-state index contributed by atoms with van der Waals surface area (Å²) in [5, 5.41) is 20.5. The number of benzene rings is 2. The Morgan fingerprint density at radius 2 is 1.61 bits per heavy atom. The van der Waals surface area contributed by atoms with E-state index in [1.165, 1.54) is 18.2 Å². The van der Waals surface area contributed by atoms with Gasteiger partial charge in [-0.3, -0.25) is 14.4 Å². The molecular weight excluding hydrogens is 360 g/mol. The Morgan fingerprint density at radius 1 is 0.929 bits per heavy atom. The summed E-state index contributed by atoms with van der Waals surface area (Å²) >= 11 is 0. The largest absolute Gasteiger partial charge is 0.508 e. The second kappa shape index (κ2) is 6.90. The van der Waals surface area contributed by atoms with Crippen LogP contribution in [0, 0.1) is 0 Å². The summed E-state index contributed by atoms with van der Waals surface area (Å²) in [6, 6.07) is 11.6. The first kappa shape index (κ1) is 17.9. The molecule has 2 atom stereocenters. The van der Waals surface area contributed by atoms with E-state index in [0.717, 1.165) is 11.6 Å². The molecule has 28 heavy (non-hydrogen) atoms. The number of ketones is 2. The maximum Gasteiger partial charge on any atom is 0.185 e. The summed E-state index contributed by atoms with van der Waals surface area (Å²) in [5.41, 5.74) is 0.960. The third-order valence-corrected chi connectivity index (χ3v) is 5.02. The number of phenolic OH excluding ortho intramolecular Hbond substituents is 2. The van der Waals surface area contributed by atoms with Gasteiger partial charge in [-0.1, -0.05) is 30.3 Å². The predicted molar refractivity (Wildman–Crippen MR) is 99.0 cm³/mol. The normalized spacial score (nSPS) is 21.6. The number of rotatable bonds is 3. The standard InChI is InChI=1S/C22H16O6/c23-11-14-16(25)7-9-18(27)21(14)22-20-13(15(24)6-8-17(20)26)10-19(28-22)12-4-2-1-3-5-12/h1-9,11,19,22,25,27H,10H2/t19-,22-/m0/s1. The first-order valence-corrected chi connectivity index (χ1v) is 8.71. The Bertz CT molecular complexity index is 1050. The minimum Gasteiger partial charge on any atom is -0.508 e. The van der Waals surface area contributed by atoms with Crippen LogP contribution in [0.15, 0.2) is 65.8 Å². The average Bonchev–Trinajstić information content (AvgIpc) is 2.72. The van der Waals surface area contributed by atoms with Crippen molar-refractivity contribution < 1.29 is 29.3 Å².